The summed E-state index contributed by atoms with van der Waals surface area (Å²) in [4.78, 5) is 51.3. The van der Waals surface area contributed by atoms with Crippen molar-refractivity contribution in [1.29, 1.82) is 0 Å². The van der Waals surface area contributed by atoms with Gasteiger partial charge in [-0.3, -0.25) is 14.4 Å². The summed E-state index contributed by atoms with van der Waals surface area (Å²) in [5, 5.41) is 15.2. The first-order valence-corrected chi connectivity index (χ1v) is 29.4. The highest BCUT2D eigenvalue weighted by atomic mass is 32.2. The van der Waals surface area contributed by atoms with Crippen LogP contribution in [0.15, 0.2) is 57.5 Å². The Morgan fingerprint density at radius 1 is 0.714 bits per heavy atom. The van der Waals surface area contributed by atoms with Gasteiger partial charge in [0, 0.05) is 83.4 Å². The van der Waals surface area contributed by atoms with Crippen LogP contribution in [0.5, 0.6) is 0 Å². The third-order valence-corrected chi connectivity index (χ3v) is 18.0. The number of nitrogens with one attached hydrogen (secondary N) is 3. The lowest BCUT2D eigenvalue weighted by Crippen LogP contribution is -2.42. The first kappa shape index (κ1) is 56.8. The van der Waals surface area contributed by atoms with Crippen molar-refractivity contribution in [2.75, 3.05) is 34.8 Å². The van der Waals surface area contributed by atoms with Crippen molar-refractivity contribution in [2.45, 2.75) is 203 Å². The highest BCUT2D eigenvalue weighted by Gasteiger charge is 2.49. The molecule has 2 aliphatic carbocycles. The molecule has 4 aliphatic rings. The Morgan fingerprint density at radius 3 is 1.76 bits per heavy atom. The van der Waals surface area contributed by atoms with Gasteiger partial charge in [-0.2, -0.15) is 0 Å². The number of hydrogen-bond donors (Lipinski definition) is 4. The second-order valence-electron chi connectivity index (χ2n) is 21.5. The highest BCUT2D eigenvalue weighted by molar-refractivity contribution is 7.89. The molecule has 0 bridgehead atoms. The standard InChI is InChI=1S/C54H84N6O8S2/c1-13-15-17-19-21-23-29-69(65,66)55-27-25-47(61)57-43-33-45-41(53(9,10)37(7)59(45)35(3)4)31-39(43)49-51(63)50(52(49)64)40-32-42-46(60(36(5)6)38(8)54(42,11)12)34-44(40)58-48(62)26-28-56-70(67,68)30-24-22-20-18-16-14-2/h31-38,55-56,63H,13-30H2,1-12H3,(H,57,61)/b50-40-,58-44?. The van der Waals surface area contributed by atoms with Crippen molar-refractivity contribution in [1.82, 2.24) is 14.3 Å². The van der Waals surface area contributed by atoms with E-state index in [9.17, 15) is 36.3 Å². The van der Waals surface area contributed by atoms with Gasteiger partial charge in [0.1, 0.15) is 5.76 Å². The maximum atomic E-state index is 14.9. The second-order valence-corrected chi connectivity index (χ2v) is 25.4. The Hall–Kier alpha value is -4.12. The number of anilines is 2. The van der Waals surface area contributed by atoms with E-state index in [1.54, 1.807) is 6.08 Å². The number of aliphatic hydroxyl groups excluding tert-OH is 1. The van der Waals surface area contributed by atoms with E-state index in [4.69, 9.17) is 0 Å². The fraction of sp³-hybridized carbons (Fsp3) is 0.667. The maximum absolute atomic E-state index is 14.9. The number of carbonyl (C=O) groups is 3. The molecule has 1 aromatic carbocycles. The minimum atomic E-state index is -3.60. The molecule has 1 aromatic rings. The third kappa shape index (κ3) is 12.9. The van der Waals surface area contributed by atoms with Gasteiger partial charge in [0.15, 0.2) is 0 Å². The van der Waals surface area contributed by atoms with Crippen molar-refractivity contribution >= 4 is 60.3 Å². The van der Waals surface area contributed by atoms with E-state index >= 15 is 0 Å². The molecule has 2 unspecified atom stereocenters. The van der Waals surface area contributed by atoms with E-state index in [1.807, 2.05) is 18.2 Å². The van der Waals surface area contributed by atoms with Crippen molar-refractivity contribution < 1.29 is 36.3 Å². The Labute approximate surface area is 420 Å². The minimum Gasteiger partial charge on any atom is -0.506 e. The Bertz CT molecular complexity index is 2520. The molecule has 4 N–H and O–H groups in total. The molecule has 0 aromatic heterocycles. The molecule has 390 valence electrons. The monoisotopic (exact) mass is 1010 g/mol. The van der Waals surface area contributed by atoms with Gasteiger partial charge < -0.3 is 20.2 Å². The van der Waals surface area contributed by atoms with Gasteiger partial charge in [-0.15, -0.1) is 0 Å². The van der Waals surface area contributed by atoms with Gasteiger partial charge in [0.25, 0.3) is 0 Å². The maximum Gasteiger partial charge on any atom is 0.247 e. The Kier molecular flexibility index (Phi) is 19.2. The summed E-state index contributed by atoms with van der Waals surface area (Å²) in [6.07, 6.45) is 14.6. The van der Waals surface area contributed by atoms with E-state index < -0.39 is 43.1 Å². The first-order valence-electron chi connectivity index (χ1n) is 26.1. The number of aliphatic hydroxyl groups is 1. The van der Waals surface area contributed by atoms with Crippen molar-refractivity contribution in [3.05, 3.63) is 63.6 Å². The van der Waals surface area contributed by atoms with E-state index in [-0.39, 0.29) is 95.2 Å². The molecule has 0 radical (unpaired) electrons. The average molecular weight is 1010 g/mol. The number of allylic oxidation sites excluding steroid dienone is 6. The molecule has 2 aliphatic heterocycles. The van der Waals surface area contributed by atoms with Gasteiger partial charge >= 0.3 is 0 Å². The molecule has 2 heterocycles. The molecular formula is C54H84N6O8S2. The second kappa shape index (κ2) is 23.6. The summed E-state index contributed by atoms with van der Waals surface area (Å²) >= 11 is 0. The number of likely N-dealkylation sites (tertiary alicyclic amines) is 1. The fourth-order valence-electron chi connectivity index (χ4n) is 10.5. The quantitative estimate of drug-likeness (QED) is 0.0513. The van der Waals surface area contributed by atoms with Gasteiger partial charge in [-0.1, -0.05) is 106 Å². The van der Waals surface area contributed by atoms with Crippen molar-refractivity contribution in [2.24, 2.45) is 10.4 Å². The molecule has 1 fully saturated rings. The number of rotatable bonds is 26. The van der Waals surface area contributed by atoms with Crippen LogP contribution in [0.4, 0.5) is 11.4 Å². The minimum absolute atomic E-state index is 0.00756. The number of unbranched alkanes of at least 4 members (excludes halogenated alkanes) is 10. The molecule has 5 rings (SSSR count). The lowest BCUT2D eigenvalue weighted by atomic mass is 9.73. The number of benzene rings is 1. The first-order chi connectivity index (χ1) is 32.8. The van der Waals surface area contributed by atoms with Crippen LogP contribution in [-0.4, -0.2) is 98.9 Å². The summed E-state index contributed by atoms with van der Waals surface area (Å²) in [5.41, 5.74) is 3.93. The number of fused-ring (bicyclic) bond motifs is 2. The average Bonchev–Trinajstić information content (AvgIpc) is 3.58. The van der Waals surface area contributed by atoms with E-state index in [0.717, 1.165) is 86.7 Å². The number of carbonyl (C=O) groups excluding carboxylic acids is 3. The molecule has 0 spiro atoms. The van der Waals surface area contributed by atoms with E-state index in [0.29, 0.717) is 24.1 Å². The Balaban J connectivity index is 1.50. The predicted molar refractivity (Wildman–Crippen MR) is 285 cm³/mol. The number of hydrogen-bond acceptors (Lipinski definition) is 10. The topological polar surface area (TPSA) is 195 Å². The molecule has 2 amide bonds. The van der Waals surface area contributed by atoms with Crippen LogP contribution in [0, 0.1) is 5.41 Å². The normalized spacial score (nSPS) is 21.4. The fourth-order valence-corrected chi connectivity index (χ4v) is 12.8. The summed E-state index contributed by atoms with van der Waals surface area (Å²) < 4.78 is 56.3. The lowest BCUT2D eigenvalue weighted by Gasteiger charge is -2.34. The zero-order chi connectivity index (χ0) is 51.9. The Morgan fingerprint density at radius 2 is 1.23 bits per heavy atom. The van der Waals surface area contributed by atoms with Crippen molar-refractivity contribution in [3.8, 4) is 0 Å². The molecule has 0 saturated carbocycles. The van der Waals surface area contributed by atoms with E-state index in [1.165, 1.54) is 0 Å². The highest BCUT2D eigenvalue weighted by Crippen LogP contribution is 2.53. The summed E-state index contributed by atoms with van der Waals surface area (Å²) in [5.74, 6) is -1.87. The molecule has 1 saturated heterocycles. The summed E-state index contributed by atoms with van der Waals surface area (Å²) in [7, 11) is -7.18. The van der Waals surface area contributed by atoms with Crippen LogP contribution in [0.1, 0.15) is 184 Å². The van der Waals surface area contributed by atoms with Crippen LogP contribution in [0.3, 0.4) is 0 Å². The van der Waals surface area contributed by atoms with Gasteiger partial charge in [-0.05, 0) is 89.8 Å². The number of ketones is 1. The lowest BCUT2D eigenvalue weighted by molar-refractivity contribution is -0.118. The number of amides is 2. The number of Topliss-reactive ketones (excluding diaryl/α,β-unsaturated/α-hetero) is 1. The summed E-state index contributed by atoms with van der Waals surface area (Å²) in [6, 6.07) is 3.99. The van der Waals surface area contributed by atoms with Gasteiger partial charge in [-0.25, -0.2) is 31.3 Å². The SMILES string of the molecule is CCCCCCCCS(=O)(=O)NCCC(=O)N=C1C=C2C(=C/C1=C1/C(=O)C(c3cc4c(cc3NC(=O)CCNS(=O)(=O)CCCCCCCC)N(C(C)C)C(C)C4(C)C)=C1O)C(C)(C)C(C)N2C(C)C. The molecule has 14 nitrogen and oxygen atoms in total. The van der Waals surface area contributed by atoms with Crippen molar-refractivity contribution in [3.63, 3.8) is 0 Å². The third-order valence-electron chi connectivity index (χ3n) is 15.1. The van der Waals surface area contributed by atoms with Crippen LogP contribution in [-0.2, 0) is 39.8 Å². The molecule has 16 heteroatoms. The number of nitrogens with zero attached hydrogens (tertiary/aromatic N) is 3. The van der Waals surface area contributed by atoms with Crippen LogP contribution in [0.2, 0.25) is 0 Å². The molecule has 2 atom stereocenters. The molecular weight excluding hydrogens is 925 g/mol. The number of sulfonamides is 2. The van der Waals surface area contributed by atoms with Gasteiger partial charge in [0.05, 0.1) is 34.1 Å². The van der Waals surface area contributed by atoms with E-state index in [2.05, 4.69) is 113 Å². The predicted octanol–water partition coefficient (Wildman–Crippen LogP) is 9.94. The van der Waals surface area contributed by atoms with Crippen LogP contribution >= 0.6 is 0 Å². The largest absolute Gasteiger partial charge is 0.506 e. The smallest absolute Gasteiger partial charge is 0.247 e. The van der Waals surface area contributed by atoms with Crippen LogP contribution < -0.4 is 19.7 Å². The molecule has 70 heavy (non-hydrogen) atoms. The zero-order valence-corrected chi connectivity index (χ0v) is 45.9. The van der Waals surface area contributed by atoms with Gasteiger partial charge in [0.2, 0.25) is 37.6 Å². The number of aliphatic imine (C=N–C) groups is 1. The summed E-state index contributed by atoms with van der Waals surface area (Å²) in [6.45, 7) is 25.2. The van der Waals surface area contributed by atoms with Crippen LogP contribution in [0.25, 0.3) is 5.57 Å². The zero-order valence-electron chi connectivity index (χ0n) is 44.3.